The number of piperidine rings is 1. The van der Waals surface area contributed by atoms with E-state index in [0.717, 1.165) is 35.7 Å². The van der Waals surface area contributed by atoms with Crippen molar-refractivity contribution in [1.82, 2.24) is 20.0 Å². The third-order valence-corrected chi connectivity index (χ3v) is 6.76. The molecule has 3 aliphatic rings. The average molecular weight is 499 g/mol. The minimum absolute atomic E-state index is 0.00520. The zero-order valence-electron chi connectivity index (χ0n) is 20.4. The Labute approximate surface area is 208 Å². The van der Waals surface area contributed by atoms with Crippen LogP contribution in [-0.2, 0) is 23.9 Å². The van der Waals surface area contributed by atoms with Crippen LogP contribution in [0.25, 0.3) is 0 Å². The fraction of sp³-hybridized carbons (Fsp3) is 0.520. The van der Waals surface area contributed by atoms with Crippen LogP contribution in [-0.4, -0.2) is 88.7 Å². The third kappa shape index (κ3) is 5.01. The summed E-state index contributed by atoms with van der Waals surface area (Å²) in [4.78, 5) is 80.1. The maximum Gasteiger partial charge on any atom is 0.330 e. The minimum atomic E-state index is -1.17. The van der Waals surface area contributed by atoms with Crippen molar-refractivity contribution in [1.29, 1.82) is 0 Å². The number of nitrogens with one attached hydrogen (secondary N) is 1. The first-order chi connectivity index (χ1) is 17.2. The summed E-state index contributed by atoms with van der Waals surface area (Å²) < 4.78 is 5.27. The zero-order chi connectivity index (χ0) is 26.0. The maximum atomic E-state index is 13.1. The first-order valence-corrected chi connectivity index (χ1v) is 12.2. The third-order valence-electron chi connectivity index (χ3n) is 6.76. The second-order valence-electron chi connectivity index (χ2n) is 9.61. The minimum Gasteiger partial charge on any atom is -0.442 e. The molecule has 0 aromatic heterocycles. The Bertz CT molecular complexity index is 1060. The molecule has 0 saturated carbocycles. The van der Waals surface area contributed by atoms with Crippen molar-refractivity contribution in [2.75, 3.05) is 26.4 Å². The second-order valence-corrected chi connectivity index (χ2v) is 9.61. The van der Waals surface area contributed by atoms with Gasteiger partial charge in [0.05, 0.1) is 17.7 Å². The number of amides is 5. The molecule has 1 aromatic carbocycles. The van der Waals surface area contributed by atoms with E-state index < -0.39 is 48.4 Å². The molecule has 4 rings (SSSR count). The first kappa shape index (κ1) is 25.5. The molecule has 192 valence electrons. The van der Waals surface area contributed by atoms with E-state index in [1.54, 1.807) is 26.0 Å². The Morgan fingerprint density at radius 1 is 1.03 bits per heavy atom. The summed E-state index contributed by atoms with van der Waals surface area (Å²) in [5.41, 5.74) is 0.407. The molecule has 1 aromatic rings. The molecule has 2 fully saturated rings. The molecule has 11 heteroatoms. The number of imide groups is 2. The van der Waals surface area contributed by atoms with Gasteiger partial charge in [0.25, 0.3) is 17.7 Å². The van der Waals surface area contributed by atoms with Gasteiger partial charge in [0.15, 0.2) is 6.73 Å². The van der Waals surface area contributed by atoms with E-state index in [4.69, 9.17) is 4.74 Å². The summed E-state index contributed by atoms with van der Waals surface area (Å²) in [7, 11) is 0. The number of esters is 1. The first-order valence-electron chi connectivity index (χ1n) is 12.2. The van der Waals surface area contributed by atoms with Gasteiger partial charge in [-0.25, -0.2) is 9.69 Å². The topological polar surface area (TPSA) is 133 Å². The Hall–Kier alpha value is -3.60. The number of rotatable bonds is 8. The number of carbonyl (C=O) groups excluding carboxylic acids is 6. The van der Waals surface area contributed by atoms with E-state index >= 15 is 0 Å². The molecular weight excluding hydrogens is 468 g/mol. The van der Waals surface area contributed by atoms with Crippen molar-refractivity contribution in [2.45, 2.75) is 51.6 Å². The molecule has 3 aliphatic heterocycles. The molecule has 2 saturated heterocycles. The number of nitrogens with zero attached hydrogens (tertiary/aromatic N) is 3. The molecule has 1 N–H and O–H groups in total. The Balaban J connectivity index is 1.39. The average Bonchev–Trinajstić information content (AvgIpc) is 3.44. The number of carbonyl (C=O) groups is 6. The van der Waals surface area contributed by atoms with Gasteiger partial charge in [-0.05, 0) is 50.4 Å². The van der Waals surface area contributed by atoms with Crippen molar-refractivity contribution in [3.63, 3.8) is 0 Å². The largest absolute Gasteiger partial charge is 0.442 e. The van der Waals surface area contributed by atoms with Crippen molar-refractivity contribution >= 4 is 35.5 Å². The van der Waals surface area contributed by atoms with E-state index in [-0.39, 0.29) is 42.3 Å². The Kier molecular flexibility index (Phi) is 7.48. The van der Waals surface area contributed by atoms with Gasteiger partial charge in [-0.1, -0.05) is 26.0 Å². The van der Waals surface area contributed by atoms with Crippen LogP contribution in [0.2, 0.25) is 0 Å². The predicted octanol–water partition coefficient (Wildman–Crippen LogP) is 0.538. The van der Waals surface area contributed by atoms with Crippen molar-refractivity contribution in [3.8, 4) is 0 Å². The summed E-state index contributed by atoms with van der Waals surface area (Å²) in [5, 5.41) is 2.69. The number of likely N-dealkylation sites (tertiary alicyclic amines) is 2. The normalized spacial score (nSPS) is 21.2. The molecule has 0 aliphatic carbocycles. The van der Waals surface area contributed by atoms with E-state index in [2.05, 4.69) is 5.32 Å². The highest BCUT2D eigenvalue weighted by Gasteiger charge is 2.47. The lowest BCUT2D eigenvalue weighted by atomic mass is 10.0. The van der Waals surface area contributed by atoms with Crippen LogP contribution in [0.4, 0.5) is 0 Å². The summed E-state index contributed by atoms with van der Waals surface area (Å²) >= 11 is 0. The fourth-order valence-corrected chi connectivity index (χ4v) is 4.77. The van der Waals surface area contributed by atoms with Gasteiger partial charge < -0.3 is 10.1 Å². The van der Waals surface area contributed by atoms with Gasteiger partial charge in [-0.3, -0.25) is 33.8 Å². The Morgan fingerprint density at radius 2 is 1.64 bits per heavy atom. The highest BCUT2D eigenvalue weighted by atomic mass is 16.5. The van der Waals surface area contributed by atoms with Crippen LogP contribution in [0.1, 0.15) is 60.2 Å². The fourth-order valence-electron chi connectivity index (χ4n) is 4.77. The molecule has 11 nitrogen and oxygen atoms in total. The Morgan fingerprint density at radius 3 is 2.22 bits per heavy atom. The van der Waals surface area contributed by atoms with Gasteiger partial charge in [0, 0.05) is 6.42 Å². The monoisotopic (exact) mass is 498 g/mol. The number of ether oxygens (including phenoxy) is 1. The number of hydrogen-bond acceptors (Lipinski definition) is 8. The van der Waals surface area contributed by atoms with E-state index in [1.807, 2.05) is 4.90 Å². The van der Waals surface area contributed by atoms with Gasteiger partial charge >= 0.3 is 5.97 Å². The number of hydrogen-bond donors (Lipinski definition) is 1. The van der Waals surface area contributed by atoms with Crippen LogP contribution in [0.3, 0.4) is 0 Å². The van der Waals surface area contributed by atoms with E-state index in [1.165, 1.54) is 12.1 Å². The summed E-state index contributed by atoms with van der Waals surface area (Å²) in [6.07, 6.45) is 1.96. The SMILES string of the molecule is CC(C)C(NC(=O)CN1CCCC1)C(=O)OCN1C(=O)CC[C@H](N2C(=O)c3ccccc3C2=O)C1=O. The van der Waals surface area contributed by atoms with Crippen molar-refractivity contribution in [3.05, 3.63) is 35.4 Å². The van der Waals surface area contributed by atoms with Gasteiger partial charge in [0.1, 0.15) is 12.1 Å². The standard InChI is InChI=1S/C25H30N4O7/c1-15(2)21(26-19(30)13-27-11-5-6-12-27)25(35)36-14-28-20(31)10-9-18(24(28)34)29-22(32)16-7-3-4-8-17(16)23(29)33/h3-4,7-8,15,18,21H,5-6,9-14H2,1-2H3,(H,26,30)/t18-,21?/m0/s1. The van der Waals surface area contributed by atoms with Crippen LogP contribution >= 0.6 is 0 Å². The summed E-state index contributed by atoms with van der Waals surface area (Å²) in [6.45, 7) is 4.67. The molecule has 2 atom stereocenters. The lowest BCUT2D eigenvalue weighted by Gasteiger charge is -2.34. The second kappa shape index (κ2) is 10.6. The number of benzene rings is 1. The molecule has 3 heterocycles. The lowest BCUT2D eigenvalue weighted by molar-refractivity contribution is -0.166. The van der Waals surface area contributed by atoms with Crippen LogP contribution in [0.15, 0.2) is 24.3 Å². The van der Waals surface area contributed by atoms with Crippen LogP contribution < -0.4 is 5.32 Å². The molecule has 0 spiro atoms. The number of fused-ring (bicyclic) bond motifs is 1. The maximum absolute atomic E-state index is 13.1. The lowest BCUT2D eigenvalue weighted by Crippen LogP contribution is -2.57. The van der Waals surface area contributed by atoms with Gasteiger partial charge in [0.2, 0.25) is 11.8 Å². The molecular formula is C25H30N4O7. The molecule has 5 amide bonds. The summed E-state index contributed by atoms with van der Waals surface area (Å²) in [5.74, 6) is -3.92. The highest BCUT2D eigenvalue weighted by molar-refractivity contribution is 6.23. The smallest absolute Gasteiger partial charge is 0.330 e. The van der Waals surface area contributed by atoms with E-state index in [9.17, 15) is 28.8 Å². The predicted molar refractivity (Wildman–Crippen MR) is 125 cm³/mol. The van der Waals surface area contributed by atoms with Crippen LogP contribution in [0, 0.1) is 5.92 Å². The van der Waals surface area contributed by atoms with Gasteiger partial charge in [-0.2, -0.15) is 0 Å². The quantitative estimate of drug-likeness (QED) is 0.406. The summed E-state index contributed by atoms with van der Waals surface area (Å²) in [6, 6.07) is 4.15. The highest BCUT2D eigenvalue weighted by Crippen LogP contribution is 2.29. The van der Waals surface area contributed by atoms with Crippen molar-refractivity contribution in [2.24, 2.45) is 5.92 Å². The molecule has 0 radical (unpaired) electrons. The molecule has 1 unspecified atom stereocenters. The zero-order valence-corrected chi connectivity index (χ0v) is 20.4. The molecule has 0 bridgehead atoms. The van der Waals surface area contributed by atoms with Crippen molar-refractivity contribution < 1.29 is 33.5 Å². The van der Waals surface area contributed by atoms with Crippen LogP contribution in [0.5, 0.6) is 0 Å². The molecule has 36 heavy (non-hydrogen) atoms. The van der Waals surface area contributed by atoms with E-state index in [0.29, 0.717) is 0 Å². The van der Waals surface area contributed by atoms with Gasteiger partial charge in [-0.15, -0.1) is 0 Å².